The predicted molar refractivity (Wildman–Crippen MR) is 75.1 cm³/mol. The molecule has 0 radical (unpaired) electrons. The minimum atomic E-state index is -0.283. The number of nitrogens with zero attached hydrogens (tertiary/aromatic N) is 2. The lowest BCUT2D eigenvalue weighted by molar-refractivity contribution is 0.402. The number of methoxy groups -OCH3 is 1. The molecule has 1 aromatic carbocycles. The molecule has 1 heterocycles. The number of halogens is 1. The molecule has 2 aromatic rings. The van der Waals surface area contributed by atoms with Crippen molar-refractivity contribution in [1.29, 1.82) is 0 Å². The third-order valence-corrected chi connectivity index (χ3v) is 3.37. The van der Waals surface area contributed by atoms with Crippen LogP contribution in [-0.2, 0) is 7.05 Å². The second-order valence-corrected chi connectivity index (χ2v) is 4.75. The Balaban J connectivity index is 2.57. The number of rotatable bonds is 4. The third-order valence-electron chi connectivity index (χ3n) is 3.07. The van der Waals surface area contributed by atoms with Crippen LogP contribution in [0, 0.1) is 6.92 Å². The van der Waals surface area contributed by atoms with E-state index in [4.69, 9.17) is 22.2 Å². The molecule has 2 rings (SSSR count). The summed E-state index contributed by atoms with van der Waals surface area (Å²) >= 11 is 6.18. The Labute approximate surface area is 117 Å². The van der Waals surface area contributed by atoms with Crippen LogP contribution in [0.1, 0.15) is 22.9 Å². The molecule has 0 spiro atoms. The average molecular weight is 281 g/mol. The lowest BCUT2D eigenvalue weighted by Gasteiger charge is -2.20. The van der Waals surface area contributed by atoms with Crippen LogP contribution in [0.25, 0.3) is 0 Å². The Kier molecular flexibility index (Phi) is 4.09. The Morgan fingerprint density at radius 2 is 2.21 bits per heavy atom. The van der Waals surface area contributed by atoms with Crippen molar-refractivity contribution in [2.75, 3.05) is 7.11 Å². The molecule has 3 N–H and O–H groups in total. The first kappa shape index (κ1) is 13.9. The van der Waals surface area contributed by atoms with Crippen LogP contribution < -0.4 is 16.0 Å². The maximum absolute atomic E-state index is 6.18. The van der Waals surface area contributed by atoms with Crippen molar-refractivity contribution in [2.45, 2.75) is 13.0 Å². The summed E-state index contributed by atoms with van der Waals surface area (Å²) in [6.07, 6.45) is 1.60. The number of hydrogen-bond acceptors (Lipinski definition) is 4. The number of nitrogens with two attached hydrogens (primary N) is 1. The standard InChI is InChI=1S/C13H17ClN4O/c1-8-4-5-11(19-3)9(6-8)12(17-15)13-10(14)7-16-18(13)2/h4-7,12,17H,15H2,1-3H3. The van der Waals surface area contributed by atoms with Gasteiger partial charge in [-0.25, -0.2) is 5.43 Å². The molecular weight excluding hydrogens is 264 g/mol. The fourth-order valence-electron chi connectivity index (χ4n) is 2.14. The predicted octanol–water partition coefficient (Wildman–Crippen LogP) is 1.94. The monoisotopic (exact) mass is 280 g/mol. The maximum Gasteiger partial charge on any atom is 0.124 e. The molecule has 0 saturated heterocycles. The highest BCUT2D eigenvalue weighted by molar-refractivity contribution is 6.31. The van der Waals surface area contributed by atoms with Gasteiger partial charge in [-0.1, -0.05) is 29.3 Å². The summed E-state index contributed by atoms with van der Waals surface area (Å²) in [5, 5.41) is 4.70. The summed E-state index contributed by atoms with van der Waals surface area (Å²) < 4.78 is 7.10. The maximum atomic E-state index is 6.18. The molecule has 5 nitrogen and oxygen atoms in total. The number of hydrazine groups is 1. The summed E-state index contributed by atoms with van der Waals surface area (Å²) in [6, 6.07) is 5.64. The minimum Gasteiger partial charge on any atom is -0.496 e. The van der Waals surface area contributed by atoms with Gasteiger partial charge >= 0.3 is 0 Å². The lowest BCUT2D eigenvalue weighted by Crippen LogP contribution is -2.31. The summed E-state index contributed by atoms with van der Waals surface area (Å²) in [4.78, 5) is 0. The van der Waals surface area contributed by atoms with Gasteiger partial charge in [-0.05, 0) is 13.0 Å². The quantitative estimate of drug-likeness (QED) is 0.664. The fraction of sp³-hybridized carbons (Fsp3) is 0.308. The number of aromatic nitrogens is 2. The first-order chi connectivity index (χ1) is 9.08. The van der Waals surface area contributed by atoms with Crippen LogP contribution in [0.4, 0.5) is 0 Å². The second-order valence-electron chi connectivity index (χ2n) is 4.35. The van der Waals surface area contributed by atoms with Gasteiger partial charge in [0, 0.05) is 12.6 Å². The second kappa shape index (κ2) is 5.61. The Bertz CT molecular complexity index is 563. The zero-order chi connectivity index (χ0) is 14.0. The van der Waals surface area contributed by atoms with E-state index in [9.17, 15) is 0 Å². The summed E-state index contributed by atoms with van der Waals surface area (Å²) in [7, 11) is 3.46. The van der Waals surface area contributed by atoms with Gasteiger partial charge in [-0.15, -0.1) is 0 Å². The molecule has 0 amide bonds. The van der Waals surface area contributed by atoms with Crippen molar-refractivity contribution >= 4 is 11.6 Å². The highest BCUT2D eigenvalue weighted by Gasteiger charge is 2.23. The van der Waals surface area contributed by atoms with E-state index in [-0.39, 0.29) is 6.04 Å². The SMILES string of the molecule is COc1ccc(C)cc1C(NN)c1c(Cl)cnn1C. The van der Waals surface area contributed by atoms with Crippen molar-refractivity contribution in [3.05, 3.63) is 46.2 Å². The van der Waals surface area contributed by atoms with Gasteiger partial charge in [0.05, 0.1) is 30.1 Å². The molecule has 0 saturated carbocycles. The van der Waals surface area contributed by atoms with E-state index < -0.39 is 0 Å². The number of benzene rings is 1. The Morgan fingerprint density at radius 1 is 1.47 bits per heavy atom. The zero-order valence-electron chi connectivity index (χ0n) is 11.1. The van der Waals surface area contributed by atoms with Crippen LogP contribution in [0.2, 0.25) is 5.02 Å². The summed E-state index contributed by atoms with van der Waals surface area (Å²) in [5.41, 5.74) is 5.62. The van der Waals surface area contributed by atoms with E-state index in [1.54, 1.807) is 18.0 Å². The van der Waals surface area contributed by atoms with Gasteiger partial charge < -0.3 is 4.74 Å². The smallest absolute Gasteiger partial charge is 0.124 e. The molecule has 1 aromatic heterocycles. The van der Waals surface area contributed by atoms with Gasteiger partial charge in [-0.2, -0.15) is 5.10 Å². The topological polar surface area (TPSA) is 65.1 Å². The first-order valence-electron chi connectivity index (χ1n) is 5.86. The molecule has 0 fully saturated rings. The number of hydrogen-bond donors (Lipinski definition) is 2. The largest absolute Gasteiger partial charge is 0.496 e. The van der Waals surface area contributed by atoms with Crippen molar-refractivity contribution in [1.82, 2.24) is 15.2 Å². The fourth-order valence-corrected chi connectivity index (χ4v) is 2.42. The number of nitrogens with one attached hydrogen (secondary N) is 1. The van der Waals surface area contributed by atoms with Crippen LogP contribution in [0.15, 0.2) is 24.4 Å². The Hall–Kier alpha value is -1.56. The molecule has 1 atom stereocenters. The summed E-state index contributed by atoms with van der Waals surface area (Å²) in [6.45, 7) is 2.02. The minimum absolute atomic E-state index is 0.283. The molecule has 0 aliphatic carbocycles. The normalized spacial score (nSPS) is 12.5. The van der Waals surface area contributed by atoms with Gasteiger partial charge in [0.15, 0.2) is 0 Å². The van der Waals surface area contributed by atoms with E-state index in [0.29, 0.717) is 5.02 Å². The van der Waals surface area contributed by atoms with Gasteiger partial charge in [0.1, 0.15) is 5.75 Å². The average Bonchev–Trinajstić information content (AvgIpc) is 2.72. The van der Waals surface area contributed by atoms with Gasteiger partial charge in [0.25, 0.3) is 0 Å². The highest BCUT2D eigenvalue weighted by atomic mass is 35.5. The third kappa shape index (κ3) is 2.58. The molecule has 19 heavy (non-hydrogen) atoms. The van der Waals surface area contributed by atoms with E-state index >= 15 is 0 Å². The lowest BCUT2D eigenvalue weighted by atomic mass is 10.0. The molecule has 0 aliphatic heterocycles. The number of aryl methyl sites for hydroxylation is 2. The van der Waals surface area contributed by atoms with Crippen molar-refractivity contribution in [3.8, 4) is 5.75 Å². The van der Waals surface area contributed by atoms with Crippen molar-refractivity contribution < 1.29 is 4.74 Å². The van der Waals surface area contributed by atoms with E-state index in [0.717, 1.165) is 22.6 Å². The van der Waals surface area contributed by atoms with E-state index in [2.05, 4.69) is 10.5 Å². The van der Waals surface area contributed by atoms with Crippen LogP contribution in [0.3, 0.4) is 0 Å². The first-order valence-corrected chi connectivity index (χ1v) is 6.24. The molecule has 1 unspecified atom stereocenters. The molecular formula is C13H17ClN4O. The van der Waals surface area contributed by atoms with Crippen LogP contribution in [-0.4, -0.2) is 16.9 Å². The summed E-state index contributed by atoms with van der Waals surface area (Å²) in [5.74, 6) is 6.46. The highest BCUT2D eigenvalue weighted by Crippen LogP contribution is 2.33. The molecule has 102 valence electrons. The van der Waals surface area contributed by atoms with Crippen molar-refractivity contribution in [3.63, 3.8) is 0 Å². The van der Waals surface area contributed by atoms with E-state index in [1.807, 2.05) is 32.2 Å². The van der Waals surface area contributed by atoms with Crippen LogP contribution in [0.5, 0.6) is 5.75 Å². The zero-order valence-corrected chi connectivity index (χ0v) is 11.9. The number of ether oxygens (including phenoxy) is 1. The molecule has 6 heteroatoms. The van der Waals surface area contributed by atoms with Gasteiger partial charge in [0.2, 0.25) is 0 Å². The van der Waals surface area contributed by atoms with E-state index in [1.165, 1.54) is 0 Å². The van der Waals surface area contributed by atoms with Crippen molar-refractivity contribution in [2.24, 2.45) is 12.9 Å². The molecule has 0 aliphatic rings. The molecule has 0 bridgehead atoms. The van der Waals surface area contributed by atoms with Gasteiger partial charge in [-0.3, -0.25) is 10.5 Å². The van der Waals surface area contributed by atoms with Crippen LogP contribution >= 0.6 is 11.6 Å². The Morgan fingerprint density at radius 3 is 2.74 bits per heavy atom.